The van der Waals surface area contributed by atoms with Gasteiger partial charge in [-0.3, -0.25) is 0 Å². The van der Waals surface area contributed by atoms with E-state index >= 15 is 0 Å². The summed E-state index contributed by atoms with van der Waals surface area (Å²) in [5.41, 5.74) is 12.9. The fourth-order valence-corrected chi connectivity index (χ4v) is 10.6. The topological polar surface area (TPSA) is 59.0 Å². The monoisotopic (exact) mass is 872 g/mol. The summed E-state index contributed by atoms with van der Waals surface area (Å²) in [5.74, 6) is 0. The van der Waals surface area contributed by atoms with E-state index in [9.17, 15) is 0 Å². The summed E-state index contributed by atoms with van der Waals surface area (Å²) < 4.78 is 26.2. The molecule has 4 aromatic heterocycles. The van der Waals surface area contributed by atoms with E-state index in [1.807, 2.05) is 36.4 Å². The van der Waals surface area contributed by atoms with Crippen LogP contribution in [0.4, 0.5) is 34.1 Å². The van der Waals surface area contributed by atoms with E-state index < -0.39 is 0 Å². The third-order valence-electron chi connectivity index (χ3n) is 13.7. The maximum absolute atomic E-state index is 6.90. The first-order chi connectivity index (χ1) is 33.6. The summed E-state index contributed by atoms with van der Waals surface area (Å²) in [4.78, 5) is 4.56. The Morgan fingerprint density at radius 3 is 1.22 bits per heavy atom. The molecule has 0 fully saturated rings. The average Bonchev–Trinajstić information content (AvgIpc) is 4.15. The van der Waals surface area contributed by atoms with Crippen molar-refractivity contribution in [2.75, 3.05) is 9.80 Å². The van der Waals surface area contributed by atoms with Crippen molar-refractivity contribution in [3.05, 3.63) is 218 Å². The Morgan fingerprint density at radius 1 is 0.221 bits per heavy atom. The average molecular weight is 873 g/mol. The zero-order valence-corrected chi connectivity index (χ0v) is 36.3. The van der Waals surface area contributed by atoms with E-state index in [1.54, 1.807) is 0 Å². The number of furan rings is 4. The molecule has 0 aliphatic carbocycles. The van der Waals surface area contributed by atoms with Crippen molar-refractivity contribution < 1.29 is 17.7 Å². The van der Waals surface area contributed by atoms with Crippen LogP contribution >= 0.6 is 0 Å². The lowest BCUT2D eigenvalue weighted by atomic mass is 10.0. The number of anilines is 6. The van der Waals surface area contributed by atoms with Gasteiger partial charge in [0, 0.05) is 84.0 Å². The minimum Gasteiger partial charge on any atom is -0.456 e. The third-order valence-corrected chi connectivity index (χ3v) is 13.7. The van der Waals surface area contributed by atoms with Crippen LogP contribution in [0.3, 0.4) is 0 Å². The number of fused-ring (bicyclic) bond motifs is 15. The highest BCUT2D eigenvalue weighted by Gasteiger charge is 2.21. The van der Waals surface area contributed by atoms with E-state index in [0.29, 0.717) is 0 Å². The maximum Gasteiger partial charge on any atom is 0.147 e. The quantitative estimate of drug-likeness (QED) is 0.166. The van der Waals surface area contributed by atoms with Gasteiger partial charge < -0.3 is 27.5 Å². The van der Waals surface area contributed by atoms with Crippen molar-refractivity contribution in [2.24, 2.45) is 0 Å². The van der Waals surface area contributed by atoms with Crippen LogP contribution in [0.1, 0.15) is 0 Å². The van der Waals surface area contributed by atoms with Gasteiger partial charge in [-0.25, -0.2) is 0 Å². The normalized spacial score (nSPS) is 12.1. The van der Waals surface area contributed by atoms with Crippen LogP contribution in [0.2, 0.25) is 0 Å². The Kier molecular flexibility index (Phi) is 7.69. The molecule has 0 atom stereocenters. The molecule has 0 amide bonds. The van der Waals surface area contributed by atoms with Gasteiger partial charge in [0.05, 0.1) is 5.39 Å². The Morgan fingerprint density at radius 2 is 0.647 bits per heavy atom. The van der Waals surface area contributed by atoms with Gasteiger partial charge in [-0.05, 0) is 143 Å². The fourth-order valence-electron chi connectivity index (χ4n) is 10.6. The summed E-state index contributed by atoms with van der Waals surface area (Å²) in [6, 6.07) is 76.6. The summed E-state index contributed by atoms with van der Waals surface area (Å²) in [7, 11) is 0. The second-order valence-corrected chi connectivity index (χ2v) is 17.7. The molecule has 15 rings (SSSR count). The second kappa shape index (κ2) is 14.1. The molecule has 0 spiro atoms. The molecule has 11 aromatic carbocycles. The number of rotatable bonds is 6. The van der Waals surface area contributed by atoms with Gasteiger partial charge in [-0.15, -0.1) is 0 Å². The minimum absolute atomic E-state index is 0.791. The molecule has 6 heteroatoms. The molecule has 6 nitrogen and oxygen atoms in total. The number of hydrogen-bond acceptors (Lipinski definition) is 6. The highest BCUT2D eigenvalue weighted by atomic mass is 16.3. The van der Waals surface area contributed by atoms with E-state index in [1.165, 1.54) is 0 Å². The van der Waals surface area contributed by atoms with Crippen LogP contribution in [0.25, 0.3) is 109 Å². The smallest absolute Gasteiger partial charge is 0.147 e. The van der Waals surface area contributed by atoms with Crippen molar-refractivity contribution in [1.29, 1.82) is 0 Å². The molecule has 0 N–H and O–H groups in total. The molecule has 0 bridgehead atoms. The highest BCUT2D eigenvalue weighted by molar-refractivity contribution is 6.24. The van der Waals surface area contributed by atoms with Gasteiger partial charge in [0.1, 0.15) is 44.7 Å². The number of hydrogen-bond donors (Lipinski definition) is 0. The van der Waals surface area contributed by atoms with Crippen LogP contribution in [0, 0.1) is 0 Å². The van der Waals surface area contributed by atoms with Gasteiger partial charge >= 0.3 is 0 Å². The molecular formula is C62H36N2O4. The molecule has 0 radical (unpaired) electrons. The lowest BCUT2D eigenvalue weighted by molar-refractivity contribution is 0.663. The fraction of sp³-hybridized carbons (Fsp3) is 0. The SMILES string of the molecule is c1ccc(N(c2ccc3cc4c(cc3c2)oc2c4ccc3oc4cc5cc(N(c6ccccc6)c6ccc7c(c6)oc6ccccc67)ccc5cc4c32)c2ccc3c(c2)oc2ccccc23)cc1. The zero-order valence-electron chi connectivity index (χ0n) is 36.3. The minimum atomic E-state index is 0.791. The van der Waals surface area contributed by atoms with E-state index in [4.69, 9.17) is 17.7 Å². The third kappa shape index (κ3) is 5.58. The Balaban J connectivity index is 0.839. The largest absolute Gasteiger partial charge is 0.456 e. The van der Waals surface area contributed by atoms with Crippen LogP contribution in [0.15, 0.2) is 236 Å². The first-order valence-corrected chi connectivity index (χ1v) is 22.9. The number of para-hydroxylation sites is 4. The molecule has 0 saturated heterocycles. The van der Waals surface area contributed by atoms with Gasteiger partial charge in [0.15, 0.2) is 0 Å². The lowest BCUT2D eigenvalue weighted by Crippen LogP contribution is -2.09. The Hall–Kier alpha value is -9.26. The van der Waals surface area contributed by atoms with Crippen LogP contribution in [0.5, 0.6) is 0 Å². The van der Waals surface area contributed by atoms with Crippen molar-refractivity contribution in [1.82, 2.24) is 0 Å². The molecule has 0 saturated carbocycles. The predicted molar refractivity (Wildman–Crippen MR) is 280 cm³/mol. The Bertz CT molecular complexity index is 4520. The summed E-state index contributed by atoms with van der Waals surface area (Å²) >= 11 is 0. The molecular weight excluding hydrogens is 837 g/mol. The molecule has 0 unspecified atom stereocenters. The molecule has 68 heavy (non-hydrogen) atoms. The maximum atomic E-state index is 6.90. The van der Waals surface area contributed by atoms with Gasteiger partial charge in [0.2, 0.25) is 0 Å². The molecule has 4 heterocycles. The first-order valence-electron chi connectivity index (χ1n) is 22.9. The summed E-state index contributed by atoms with van der Waals surface area (Å²) in [6.07, 6.45) is 0. The number of benzene rings is 11. The van der Waals surface area contributed by atoms with Crippen molar-refractivity contribution >= 4 is 143 Å². The van der Waals surface area contributed by atoms with Crippen molar-refractivity contribution in [2.45, 2.75) is 0 Å². The van der Waals surface area contributed by atoms with Gasteiger partial charge in [-0.1, -0.05) is 84.9 Å². The van der Waals surface area contributed by atoms with Crippen LogP contribution in [-0.2, 0) is 0 Å². The first kappa shape index (κ1) is 37.0. The van der Waals surface area contributed by atoms with Crippen molar-refractivity contribution in [3.8, 4) is 0 Å². The lowest BCUT2D eigenvalue weighted by Gasteiger charge is -2.25. The van der Waals surface area contributed by atoms with E-state index in [0.717, 1.165) is 143 Å². The standard InChI is InChI=1S/C62H36N2O4/c1-3-11-41(12-4-1)63(45-23-25-49-47-15-7-9-17-54(47)65-59(49)35-45)43-21-19-37-31-52-51-27-28-56-61(62(51)68-57(52)33-39(37)29-43)53-32-38-20-22-44(30-40(38)34-58(53)67-56)64(42-13-5-2-6-14-42)46-24-26-50-48-16-8-10-18-55(48)66-60(50)36-46/h1-36H. The van der Waals surface area contributed by atoms with Crippen LogP contribution < -0.4 is 9.80 Å². The molecule has 318 valence electrons. The summed E-state index contributed by atoms with van der Waals surface area (Å²) in [6.45, 7) is 0. The zero-order chi connectivity index (χ0) is 44.5. The Labute approximate surface area is 387 Å². The molecule has 0 aliphatic heterocycles. The second-order valence-electron chi connectivity index (χ2n) is 17.7. The highest BCUT2D eigenvalue weighted by Crippen LogP contribution is 2.45. The summed E-state index contributed by atoms with van der Waals surface area (Å²) in [5, 5.41) is 13.0. The van der Waals surface area contributed by atoms with Crippen molar-refractivity contribution in [3.63, 3.8) is 0 Å². The van der Waals surface area contributed by atoms with Crippen LogP contribution in [-0.4, -0.2) is 0 Å². The van der Waals surface area contributed by atoms with E-state index in [-0.39, 0.29) is 0 Å². The number of nitrogens with zero attached hydrogens (tertiary/aromatic N) is 2. The predicted octanol–water partition coefficient (Wildman–Crippen LogP) is 18.5. The van der Waals surface area contributed by atoms with Gasteiger partial charge in [-0.2, -0.15) is 0 Å². The van der Waals surface area contributed by atoms with Gasteiger partial charge in [0.25, 0.3) is 0 Å². The van der Waals surface area contributed by atoms with E-state index in [2.05, 4.69) is 192 Å². The molecule has 15 aromatic rings. The molecule has 0 aliphatic rings.